The van der Waals surface area contributed by atoms with Crippen LogP contribution in [0.15, 0.2) is 11.4 Å². The smallest absolute Gasteiger partial charge is 0.336 e. The Morgan fingerprint density at radius 1 is 1.41 bits per heavy atom. The first-order valence-corrected chi connectivity index (χ1v) is 8.26. The largest absolute Gasteiger partial charge is 0.478 e. The fourth-order valence-corrected chi connectivity index (χ4v) is 4.33. The summed E-state index contributed by atoms with van der Waals surface area (Å²) >= 11 is 1.16. The summed E-state index contributed by atoms with van der Waals surface area (Å²) in [4.78, 5) is 26.1. The van der Waals surface area contributed by atoms with E-state index in [4.69, 9.17) is 9.84 Å². The van der Waals surface area contributed by atoms with Crippen molar-refractivity contribution in [3.63, 3.8) is 0 Å². The second-order valence-electron chi connectivity index (χ2n) is 6.01. The Hall–Kier alpha value is -1.44. The van der Waals surface area contributed by atoms with Crippen LogP contribution in [0.5, 0.6) is 0 Å². The second-order valence-corrected chi connectivity index (χ2v) is 6.92. The summed E-state index contributed by atoms with van der Waals surface area (Å²) in [6.45, 7) is 1.83. The molecule has 2 saturated heterocycles. The SMILES string of the molecule is O=C(O)c1csc(C(=O)N2CC(CO)CC23CCOCC3)c1. The molecule has 120 valence electrons. The highest BCUT2D eigenvalue weighted by atomic mass is 32.1. The number of hydrogen-bond donors (Lipinski definition) is 2. The Morgan fingerprint density at radius 2 is 2.14 bits per heavy atom. The predicted octanol–water partition coefficient (Wildman–Crippen LogP) is 1.45. The number of aromatic carboxylic acids is 1. The second kappa shape index (κ2) is 5.98. The van der Waals surface area contributed by atoms with Gasteiger partial charge in [0.2, 0.25) is 0 Å². The molecule has 0 radical (unpaired) electrons. The van der Waals surface area contributed by atoms with Crippen molar-refractivity contribution in [3.8, 4) is 0 Å². The Bertz CT molecular complexity index is 578. The molecular weight excluding hydrogens is 306 g/mol. The zero-order valence-corrected chi connectivity index (χ0v) is 13.0. The molecule has 2 aliphatic heterocycles. The van der Waals surface area contributed by atoms with Gasteiger partial charge >= 0.3 is 5.97 Å². The van der Waals surface area contributed by atoms with Crippen LogP contribution < -0.4 is 0 Å². The number of ether oxygens (including phenoxy) is 1. The third kappa shape index (κ3) is 2.64. The van der Waals surface area contributed by atoms with E-state index in [1.807, 2.05) is 4.90 Å². The number of aliphatic hydroxyl groups excluding tert-OH is 1. The number of likely N-dealkylation sites (tertiary alicyclic amines) is 1. The maximum Gasteiger partial charge on any atom is 0.336 e. The van der Waals surface area contributed by atoms with Gasteiger partial charge in [-0.15, -0.1) is 11.3 Å². The Balaban J connectivity index is 1.86. The lowest BCUT2D eigenvalue weighted by Crippen LogP contribution is -2.50. The van der Waals surface area contributed by atoms with E-state index >= 15 is 0 Å². The number of carboxylic acids is 1. The molecular formula is C15H19NO5S. The van der Waals surface area contributed by atoms with E-state index in [-0.39, 0.29) is 29.5 Å². The van der Waals surface area contributed by atoms with Gasteiger partial charge in [0, 0.05) is 43.2 Å². The zero-order valence-electron chi connectivity index (χ0n) is 12.2. The highest BCUT2D eigenvalue weighted by molar-refractivity contribution is 7.12. The lowest BCUT2D eigenvalue weighted by Gasteiger charge is -2.41. The van der Waals surface area contributed by atoms with Crippen LogP contribution in [-0.4, -0.2) is 58.9 Å². The van der Waals surface area contributed by atoms with Crippen molar-refractivity contribution < 1.29 is 24.5 Å². The Morgan fingerprint density at radius 3 is 2.73 bits per heavy atom. The molecule has 2 aliphatic rings. The molecule has 1 aromatic heterocycles. The molecule has 2 N–H and O–H groups in total. The van der Waals surface area contributed by atoms with E-state index in [1.54, 1.807) is 0 Å². The van der Waals surface area contributed by atoms with Crippen molar-refractivity contribution in [2.75, 3.05) is 26.4 Å². The summed E-state index contributed by atoms with van der Waals surface area (Å²) in [6.07, 6.45) is 2.33. The van der Waals surface area contributed by atoms with Crippen molar-refractivity contribution >= 4 is 23.2 Å². The molecule has 22 heavy (non-hydrogen) atoms. The van der Waals surface area contributed by atoms with Gasteiger partial charge < -0.3 is 19.8 Å². The minimum atomic E-state index is -1.02. The number of carbonyl (C=O) groups is 2. The summed E-state index contributed by atoms with van der Waals surface area (Å²) in [5, 5.41) is 20.0. The fraction of sp³-hybridized carbons (Fsp3) is 0.600. The normalized spacial score (nSPS) is 23.9. The number of carbonyl (C=O) groups excluding carboxylic acids is 1. The van der Waals surface area contributed by atoms with Gasteiger partial charge in [-0.1, -0.05) is 0 Å². The average Bonchev–Trinajstić information content (AvgIpc) is 3.13. The molecule has 6 nitrogen and oxygen atoms in total. The molecule has 0 bridgehead atoms. The van der Waals surface area contributed by atoms with Crippen molar-refractivity contribution in [2.24, 2.45) is 5.92 Å². The van der Waals surface area contributed by atoms with Crippen molar-refractivity contribution in [1.29, 1.82) is 0 Å². The maximum atomic E-state index is 12.8. The van der Waals surface area contributed by atoms with Crippen LogP contribution in [0.1, 0.15) is 39.3 Å². The van der Waals surface area contributed by atoms with Crippen LogP contribution in [0.25, 0.3) is 0 Å². The standard InChI is InChI=1S/C15H19NO5S/c17-8-10-6-15(1-3-21-4-2-15)16(7-10)13(18)12-5-11(9-22-12)14(19)20/h5,9-10,17H,1-4,6-8H2,(H,19,20). The molecule has 1 spiro atoms. The quantitative estimate of drug-likeness (QED) is 0.878. The van der Waals surface area contributed by atoms with Gasteiger partial charge in [-0.25, -0.2) is 4.79 Å². The molecule has 3 heterocycles. The molecule has 1 atom stereocenters. The highest BCUT2D eigenvalue weighted by Gasteiger charge is 2.48. The lowest BCUT2D eigenvalue weighted by atomic mass is 9.85. The predicted molar refractivity (Wildman–Crippen MR) is 80.3 cm³/mol. The molecule has 1 aromatic rings. The molecule has 7 heteroatoms. The van der Waals surface area contributed by atoms with Gasteiger partial charge in [0.25, 0.3) is 5.91 Å². The Kier molecular flexibility index (Phi) is 4.20. The third-order valence-electron chi connectivity index (χ3n) is 4.67. The van der Waals surface area contributed by atoms with E-state index in [1.165, 1.54) is 11.4 Å². The van der Waals surface area contributed by atoms with Gasteiger partial charge in [-0.05, 0) is 25.3 Å². The Labute approximate surface area is 132 Å². The van der Waals surface area contributed by atoms with Crippen molar-refractivity contribution in [1.82, 2.24) is 4.90 Å². The summed E-state index contributed by atoms with van der Waals surface area (Å²) in [5.41, 5.74) is -0.108. The number of aliphatic hydroxyl groups is 1. The van der Waals surface area contributed by atoms with Gasteiger partial charge in [-0.3, -0.25) is 4.79 Å². The number of thiophene rings is 1. The number of nitrogens with zero attached hydrogens (tertiary/aromatic N) is 1. The van der Waals surface area contributed by atoms with Gasteiger partial charge in [-0.2, -0.15) is 0 Å². The van der Waals surface area contributed by atoms with Gasteiger partial charge in [0.1, 0.15) is 0 Å². The number of hydrogen-bond acceptors (Lipinski definition) is 5. The minimum absolute atomic E-state index is 0.0667. The van der Waals surface area contributed by atoms with E-state index in [9.17, 15) is 14.7 Å². The lowest BCUT2D eigenvalue weighted by molar-refractivity contribution is -0.00316. The van der Waals surface area contributed by atoms with Crippen LogP contribution in [-0.2, 0) is 4.74 Å². The molecule has 0 saturated carbocycles. The van der Waals surface area contributed by atoms with Crippen molar-refractivity contribution in [3.05, 3.63) is 21.9 Å². The molecule has 1 amide bonds. The third-order valence-corrected chi connectivity index (χ3v) is 5.58. The number of amides is 1. The van der Waals surface area contributed by atoms with Crippen molar-refractivity contribution in [2.45, 2.75) is 24.8 Å². The average molecular weight is 325 g/mol. The van der Waals surface area contributed by atoms with Gasteiger partial charge in [0.15, 0.2) is 0 Å². The fourth-order valence-electron chi connectivity index (χ4n) is 3.50. The van der Waals surface area contributed by atoms with Crippen LogP contribution in [0, 0.1) is 5.92 Å². The molecule has 2 fully saturated rings. The topological polar surface area (TPSA) is 87.1 Å². The first-order valence-electron chi connectivity index (χ1n) is 7.38. The first-order chi connectivity index (χ1) is 10.6. The van der Waals surface area contributed by atoms with E-state index in [0.717, 1.165) is 30.6 Å². The maximum absolute atomic E-state index is 12.8. The highest BCUT2D eigenvalue weighted by Crippen LogP contribution is 2.41. The summed E-state index contributed by atoms with van der Waals surface area (Å²) < 4.78 is 5.42. The molecule has 0 aliphatic carbocycles. The summed E-state index contributed by atoms with van der Waals surface area (Å²) in [7, 11) is 0. The van der Waals surface area contributed by atoms with E-state index in [2.05, 4.69) is 0 Å². The first kappa shape index (κ1) is 15.5. The summed E-state index contributed by atoms with van der Waals surface area (Å²) in [5.74, 6) is -1.07. The molecule has 3 rings (SSSR count). The van der Waals surface area contributed by atoms with Gasteiger partial charge in [0.05, 0.1) is 10.4 Å². The van der Waals surface area contributed by atoms with Crippen LogP contribution in [0.2, 0.25) is 0 Å². The minimum Gasteiger partial charge on any atom is -0.478 e. The summed E-state index contributed by atoms with van der Waals surface area (Å²) in [6, 6.07) is 1.44. The van der Waals surface area contributed by atoms with Crippen LogP contribution in [0.3, 0.4) is 0 Å². The van der Waals surface area contributed by atoms with E-state index < -0.39 is 5.97 Å². The zero-order chi connectivity index (χ0) is 15.7. The monoisotopic (exact) mass is 325 g/mol. The number of carboxylic acid groups (broad SMARTS) is 1. The molecule has 0 aromatic carbocycles. The number of rotatable bonds is 3. The van der Waals surface area contributed by atoms with E-state index in [0.29, 0.717) is 24.6 Å². The van der Waals surface area contributed by atoms with Crippen LogP contribution in [0.4, 0.5) is 0 Å². The molecule has 1 unspecified atom stereocenters. The van der Waals surface area contributed by atoms with Crippen LogP contribution >= 0.6 is 11.3 Å².